The highest BCUT2D eigenvalue weighted by Crippen LogP contribution is 2.31. The van der Waals surface area contributed by atoms with E-state index >= 15 is 0 Å². The van der Waals surface area contributed by atoms with Gasteiger partial charge in [-0.2, -0.15) is 5.26 Å². The third kappa shape index (κ3) is 1.65. The predicted octanol–water partition coefficient (Wildman–Crippen LogP) is 2.57. The first-order valence-corrected chi connectivity index (χ1v) is 5.88. The molecule has 2 aromatic heterocycles. The van der Waals surface area contributed by atoms with Gasteiger partial charge in [0.25, 0.3) is 0 Å². The van der Waals surface area contributed by atoms with Gasteiger partial charge >= 0.3 is 0 Å². The highest BCUT2D eigenvalue weighted by Gasteiger charge is 2.15. The van der Waals surface area contributed by atoms with Crippen molar-refractivity contribution in [2.24, 2.45) is 0 Å². The summed E-state index contributed by atoms with van der Waals surface area (Å²) in [6.45, 7) is 0.146. The summed E-state index contributed by atoms with van der Waals surface area (Å²) >= 11 is 6.09. The minimum atomic E-state index is 0.146. The van der Waals surface area contributed by atoms with Crippen LogP contribution in [-0.2, 0) is 6.54 Å². The van der Waals surface area contributed by atoms with Crippen LogP contribution in [0.3, 0.4) is 0 Å². The highest BCUT2D eigenvalue weighted by molar-refractivity contribution is 6.34. The lowest BCUT2D eigenvalue weighted by atomic mass is 10.1. The second-order valence-electron chi connectivity index (χ2n) is 4.00. The monoisotopic (exact) mass is 270 g/mol. The number of rotatable bonds is 2. The van der Waals surface area contributed by atoms with Crippen molar-refractivity contribution >= 4 is 39.8 Å². The van der Waals surface area contributed by atoms with Crippen molar-refractivity contribution in [3.05, 3.63) is 35.2 Å². The minimum absolute atomic E-state index is 0.146. The number of carbonyl (C=O) groups excluding carboxylic acids is 1. The largest absolute Gasteiger partial charge is 0.323 e. The number of nitriles is 1. The van der Waals surface area contributed by atoms with E-state index in [0.717, 1.165) is 17.2 Å². The molecular formula is C13H7ClN4O. The average Bonchev–Trinajstić information content (AvgIpc) is 2.75. The fraction of sp³-hybridized carbons (Fsp3) is 0.0769. The highest BCUT2D eigenvalue weighted by atomic mass is 35.5. The van der Waals surface area contributed by atoms with E-state index in [-0.39, 0.29) is 6.54 Å². The number of hydrogen-bond acceptors (Lipinski definition) is 4. The first-order chi connectivity index (χ1) is 9.26. The Morgan fingerprint density at radius 2 is 2.26 bits per heavy atom. The quantitative estimate of drug-likeness (QED) is 0.530. The molecule has 0 amide bonds. The molecule has 2 heterocycles. The zero-order valence-corrected chi connectivity index (χ0v) is 10.4. The molecule has 0 atom stereocenters. The van der Waals surface area contributed by atoms with Gasteiger partial charge in [0.05, 0.1) is 11.6 Å². The molecule has 0 N–H and O–H groups in total. The van der Waals surface area contributed by atoms with Gasteiger partial charge in [-0.05, 0) is 18.2 Å². The second kappa shape index (κ2) is 4.34. The van der Waals surface area contributed by atoms with Gasteiger partial charge in [-0.1, -0.05) is 11.6 Å². The lowest BCUT2D eigenvalue weighted by Crippen LogP contribution is -1.96. The van der Waals surface area contributed by atoms with E-state index in [0.29, 0.717) is 21.7 Å². The minimum Gasteiger partial charge on any atom is -0.323 e. The van der Waals surface area contributed by atoms with Crippen LogP contribution in [-0.4, -0.2) is 20.8 Å². The Bertz CT molecular complexity index is 847. The molecule has 6 heteroatoms. The van der Waals surface area contributed by atoms with Gasteiger partial charge in [-0.3, -0.25) is 4.79 Å². The number of halogens is 1. The number of benzene rings is 1. The van der Waals surface area contributed by atoms with Gasteiger partial charge in [0.15, 0.2) is 5.15 Å². The summed E-state index contributed by atoms with van der Waals surface area (Å²) in [4.78, 5) is 19.0. The molecule has 3 rings (SSSR count). The van der Waals surface area contributed by atoms with E-state index in [2.05, 4.69) is 16.0 Å². The molecule has 0 saturated heterocycles. The molecule has 0 radical (unpaired) electrons. The number of aldehydes is 1. The van der Waals surface area contributed by atoms with E-state index < -0.39 is 0 Å². The van der Waals surface area contributed by atoms with E-state index in [1.165, 1.54) is 6.33 Å². The van der Waals surface area contributed by atoms with Crippen LogP contribution >= 0.6 is 11.6 Å². The van der Waals surface area contributed by atoms with Crippen molar-refractivity contribution in [2.75, 3.05) is 0 Å². The molecule has 0 spiro atoms. The summed E-state index contributed by atoms with van der Waals surface area (Å²) in [5.74, 6) is 0. The number of fused-ring (bicyclic) bond motifs is 3. The van der Waals surface area contributed by atoms with Crippen LogP contribution < -0.4 is 0 Å². The normalized spacial score (nSPS) is 10.7. The van der Waals surface area contributed by atoms with Crippen LogP contribution in [0.2, 0.25) is 5.15 Å². The topological polar surface area (TPSA) is 71.6 Å². The number of nitrogens with zero attached hydrogens (tertiary/aromatic N) is 4. The van der Waals surface area contributed by atoms with Gasteiger partial charge in [0.2, 0.25) is 0 Å². The first kappa shape index (κ1) is 11.6. The molecule has 92 valence electrons. The molecule has 0 fully saturated rings. The van der Waals surface area contributed by atoms with E-state index in [1.54, 1.807) is 22.8 Å². The molecule has 0 unspecified atom stereocenters. The standard InChI is InChI=1S/C13H7ClN4O/c14-13-12-11(16-7-17-13)9-5-8(6-19)1-2-10(9)18(12)4-3-15/h1-2,5-7H,4H2. The Kier molecular flexibility index (Phi) is 2.65. The van der Waals surface area contributed by atoms with Gasteiger partial charge in [-0.25, -0.2) is 9.97 Å². The summed E-state index contributed by atoms with van der Waals surface area (Å²) < 4.78 is 1.75. The Morgan fingerprint density at radius 1 is 1.42 bits per heavy atom. The van der Waals surface area contributed by atoms with Crippen molar-refractivity contribution in [3.8, 4) is 6.07 Å². The Labute approximate surface area is 113 Å². The predicted molar refractivity (Wildman–Crippen MR) is 71.0 cm³/mol. The van der Waals surface area contributed by atoms with E-state index in [1.807, 2.05) is 0 Å². The van der Waals surface area contributed by atoms with Crippen molar-refractivity contribution in [1.29, 1.82) is 5.26 Å². The van der Waals surface area contributed by atoms with Crippen molar-refractivity contribution < 1.29 is 4.79 Å². The molecule has 0 aliphatic rings. The Balaban J connectivity index is 2.54. The van der Waals surface area contributed by atoms with Crippen molar-refractivity contribution in [1.82, 2.24) is 14.5 Å². The smallest absolute Gasteiger partial charge is 0.156 e. The molecule has 0 aliphatic carbocycles. The molecule has 1 aromatic carbocycles. The summed E-state index contributed by atoms with van der Waals surface area (Å²) in [7, 11) is 0. The van der Waals surface area contributed by atoms with Gasteiger partial charge in [-0.15, -0.1) is 0 Å². The Hall–Kier alpha value is -2.45. The van der Waals surface area contributed by atoms with Crippen molar-refractivity contribution in [3.63, 3.8) is 0 Å². The average molecular weight is 271 g/mol. The summed E-state index contributed by atoms with van der Waals surface area (Å²) in [5, 5.41) is 10.0. The van der Waals surface area contributed by atoms with Gasteiger partial charge < -0.3 is 4.57 Å². The van der Waals surface area contributed by atoms with E-state index in [9.17, 15) is 4.79 Å². The van der Waals surface area contributed by atoms with E-state index in [4.69, 9.17) is 16.9 Å². The maximum atomic E-state index is 10.9. The lowest BCUT2D eigenvalue weighted by Gasteiger charge is -2.01. The SMILES string of the molecule is N#CCn1c2ccc(C=O)cc2c2ncnc(Cl)c21. The molecule has 5 nitrogen and oxygen atoms in total. The van der Waals surface area contributed by atoms with Crippen LogP contribution in [0.25, 0.3) is 21.9 Å². The van der Waals surface area contributed by atoms with Crippen LogP contribution in [0, 0.1) is 11.3 Å². The maximum absolute atomic E-state index is 10.9. The molecule has 19 heavy (non-hydrogen) atoms. The summed E-state index contributed by atoms with van der Waals surface area (Å²) in [5.41, 5.74) is 2.63. The number of carbonyl (C=O) groups is 1. The number of aromatic nitrogens is 3. The fourth-order valence-electron chi connectivity index (χ4n) is 2.20. The van der Waals surface area contributed by atoms with Gasteiger partial charge in [0.1, 0.15) is 30.2 Å². The zero-order valence-electron chi connectivity index (χ0n) is 9.67. The fourth-order valence-corrected chi connectivity index (χ4v) is 2.44. The third-order valence-electron chi connectivity index (χ3n) is 2.98. The van der Waals surface area contributed by atoms with Gasteiger partial charge in [0, 0.05) is 10.9 Å². The summed E-state index contributed by atoms with van der Waals surface area (Å²) in [6, 6.07) is 7.31. The van der Waals surface area contributed by atoms with Crippen LogP contribution in [0.4, 0.5) is 0 Å². The first-order valence-electron chi connectivity index (χ1n) is 5.51. The summed E-state index contributed by atoms with van der Waals surface area (Å²) in [6.07, 6.45) is 2.14. The molecular weight excluding hydrogens is 264 g/mol. The second-order valence-corrected chi connectivity index (χ2v) is 4.36. The van der Waals surface area contributed by atoms with Crippen LogP contribution in [0.1, 0.15) is 10.4 Å². The zero-order chi connectivity index (χ0) is 13.4. The lowest BCUT2D eigenvalue weighted by molar-refractivity contribution is 0.112. The third-order valence-corrected chi connectivity index (χ3v) is 3.26. The maximum Gasteiger partial charge on any atom is 0.156 e. The molecule has 0 saturated carbocycles. The van der Waals surface area contributed by atoms with Crippen LogP contribution in [0.5, 0.6) is 0 Å². The number of hydrogen-bond donors (Lipinski definition) is 0. The molecule has 3 aromatic rings. The molecule has 0 aliphatic heterocycles. The van der Waals surface area contributed by atoms with Crippen molar-refractivity contribution in [2.45, 2.75) is 6.54 Å². The van der Waals surface area contributed by atoms with Crippen LogP contribution in [0.15, 0.2) is 24.5 Å². The Morgan fingerprint density at radius 3 is 3.00 bits per heavy atom. The molecule has 0 bridgehead atoms.